The van der Waals surface area contributed by atoms with Crippen LogP contribution in [-0.2, 0) is 11.8 Å². The monoisotopic (exact) mass is 445 g/mol. The lowest BCUT2D eigenvalue weighted by Gasteiger charge is -2.52. The van der Waals surface area contributed by atoms with Gasteiger partial charge in [0, 0.05) is 6.20 Å². The van der Waals surface area contributed by atoms with Gasteiger partial charge in [0.2, 0.25) is 0 Å². The lowest BCUT2D eigenvalue weighted by atomic mass is 9.25. The van der Waals surface area contributed by atoms with Crippen molar-refractivity contribution in [3.05, 3.63) is 35.4 Å². The molecule has 0 bridgehead atoms. The Bertz CT molecular complexity index is 1170. The van der Waals surface area contributed by atoms with Crippen molar-refractivity contribution in [3.8, 4) is 0 Å². The van der Waals surface area contributed by atoms with Crippen LogP contribution in [0, 0.1) is 0 Å². The molecular weight excluding hydrogens is 409 g/mol. The van der Waals surface area contributed by atoms with Gasteiger partial charge in [-0.25, -0.2) is 4.98 Å². The first-order valence-corrected chi connectivity index (χ1v) is 12.8. The van der Waals surface area contributed by atoms with E-state index in [1.54, 1.807) is 0 Å². The number of hydrogen-bond donors (Lipinski definition) is 2. The summed E-state index contributed by atoms with van der Waals surface area (Å²) in [4.78, 5) is 16.4. The topological polar surface area (TPSA) is 70.8 Å². The van der Waals surface area contributed by atoms with Crippen LogP contribution in [0.1, 0.15) is 42.4 Å². The van der Waals surface area contributed by atoms with Gasteiger partial charge in [0.1, 0.15) is 52.9 Å². The summed E-state index contributed by atoms with van der Waals surface area (Å²) in [7, 11) is 18.4. The average Bonchev–Trinajstić information content (AvgIpc) is 3.23. The molecule has 3 aromatic rings. The van der Waals surface area contributed by atoms with Crippen LogP contribution in [0.15, 0.2) is 18.3 Å². The minimum Gasteiger partial charge on any atom is -0.341 e. The summed E-state index contributed by atoms with van der Waals surface area (Å²) >= 11 is 0. The highest BCUT2D eigenvalue weighted by atomic mass is 15.2. The minimum atomic E-state index is 0.0681. The van der Waals surface area contributed by atoms with E-state index in [1.807, 2.05) is 6.20 Å². The molecule has 168 valence electrons. The third-order valence-electron chi connectivity index (χ3n) is 9.09. The zero-order chi connectivity index (χ0) is 24.8. The van der Waals surface area contributed by atoms with E-state index in [1.165, 1.54) is 38.6 Å². The van der Waals surface area contributed by atoms with Crippen molar-refractivity contribution >= 4 is 95.7 Å². The third kappa shape index (κ3) is 4.24. The lowest BCUT2D eigenvalue weighted by Crippen LogP contribution is -2.50. The molecule has 1 aliphatic carbocycles. The number of imidazole rings is 1. The van der Waals surface area contributed by atoms with Gasteiger partial charge in [-0.1, -0.05) is 38.3 Å². The molecule has 0 fully saturated rings. The zero-order valence-electron chi connectivity index (χ0n) is 22.5. The quantitative estimate of drug-likeness (QED) is 0.281. The molecule has 13 heteroatoms. The number of rotatable bonds is 7. The first kappa shape index (κ1) is 25.4. The number of hydrogen-bond acceptors (Lipinski definition) is 4. The predicted molar refractivity (Wildman–Crippen MR) is 168 cm³/mol. The molecular formula is C21H35B8N5. The van der Waals surface area contributed by atoms with Crippen LogP contribution in [0.2, 0.25) is 5.21 Å². The predicted octanol–water partition coefficient (Wildman–Crippen LogP) is -7.52. The summed E-state index contributed by atoms with van der Waals surface area (Å²) < 4.78 is 0. The largest absolute Gasteiger partial charge is 0.341 e. The van der Waals surface area contributed by atoms with Gasteiger partial charge in [-0.05, 0) is 44.0 Å². The van der Waals surface area contributed by atoms with E-state index in [0.29, 0.717) is 0 Å². The number of aromatic amines is 1. The number of pyridine rings is 1. The number of fused-ring (bicyclic) bond motifs is 2. The molecule has 0 saturated heterocycles. The summed E-state index contributed by atoms with van der Waals surface area (Å²) in [6.07, 6.45) is 5.14. The SMILES string of the molecule is Bc1c(B)c(B)c2[nH]c(CN(CCCCN)[C@H]3CC(B)(B)C(B)(B)c4cccnc43)nc2c1B. The molecule has 3 N–H and O–H groups in total. The van der Waals surface area contributed by atoms with Crippen LogP contribution in [-0.4, -0.2) is 95.7 Å². The second kappa shape index (κ2) is 9.38. The molecule has 0 unspecified atom stereocenters. The maximum absolute atomic E-state index is 5.86. The Kier molecular flexibility index (Phi) is 7.00. The van der Waals surface area contributed by atoms with Gasteiger partial charge in [0.05, 0.1) is 45.0 Å². The highest BCUT2D eigenvalue weighted by molar-refractivity contribution is 6.66. The molecule has 2 heterocycles. The van der Waals surface area contributed by atoms with Gasteiger partial charge < -0.3 is 10.7 Å². The second-order valence-electron chi connectivity index (χ2n) is 11.5. The molecule has 5 nitrogen and oxygen atoms in total. The normalized spacial score (nSPS) is 18.8. The van der Waals surface area contributed by atoms with E-state index in [0.717, 1.165) is 50.2 Å². The Morgan fingerprint density at radius 2 is 1.74 bits per heavy atom. The number of unbranched alkanes of at least 4 members (excludes halogenated alkanes) is 1. The zero-order valence-corrected chi connectivity index (χ0v) is 22.5. The molecule has 1 aliphatic rings. The van der Waals surface area contributed by atoms with E-state index in [-0.39, 0.29) is 16.5 Å². The molecule has 1 atom stereocenters. The summed E-state index contributed by atoms with van der Waals surface area (Å²) in [6, 6.07) is 4.64. The van der Waals surface area contributed by atoms with Crippen molar-refractivity contribution in [1.29, 1.82) is 0 Å². The van der Waals surface area contributed by atoms with Crippen LogP contribution in [0.3, 0.4) is 0 Å². The fourth-order valence-electron chi connectivity index (χ4n) is 5.68. The van der Waals surface area contributed by atoms with Crippen molar-refractivity contribution in [2.24, 2.45) is 5.73 Å². The van der Waals surface area contributed by atoms with E-state index in [9.17, 15) is 0 Å². The van der Waals surface area contributed by atoms with Crippen LogP contribution in [0.5, 0.6) is 0 Å². The first-order valence-electron chi connectivity index (χ1n) is 12.8. The number of nitrogens with one attached hydrogen (secondary N) is 1. The van der Waals surface area contributed by atoms with Crippen molar-refractivity contribution in [2.45, 2.75) is 42.3 Å². The van der Waals surface area contributed by atoms with Crippen LogP contribution >= 0.6 is 0 Å². The van der Waals surface area contributed by atoms with Gasteiger partial charge in [-0.15, -0.1) is 0 Å². The summed E-state index contributed by atoms with van der Waals surface area (Å²) in [6.45, 7) is 2.50. The highest BCUT2D eigenvalue weighted by Gasteiger charge is 2.47. The molecule has 0 amide bonds. The molecule has 0 spiro atoms. The maximum Gasteiger partial charge on any atom is 0.141 e. The van der Waals surface area contributed by atoms with Gasteiger partial charge >= 0.3 is 0 Å². The Balaban J connectivity index is 1.76. The first-order chi connectivity index (χ1) is 16.0. The second-order valence-corrected chi connectivity index (χ2v) is 11.5. The van der Waals surface area contributed by atoms with E-state index >= 15 is 0 Å². The Labute approximate surface area is 211 Å². The van der Waals surface area contributed by atoms with Crippen molar-refractivity contribution in [3.63, 3.8) is 0 Å². The number of nitrogens with two attached hydrogens (primary N) is 1. The lowest BCUT2D eigenvalue weighted by molar-refractivity contribution is 0.152. The smallest absolute Gasteiger partial charge is 0.141 e. The molecule has 4 rings (SSSR count). The molecule has 0 saturated carbocycles. The van der Waals surface area contributed by atoms with Crippen LogP contribution in [0.25, 0.3) is 11.0 Å². The van der Waals surface area contributed by atoms with Crippen molar-refractivity contribution in [2.75, 3.05) is 13.1 Å². The average molecular weight is 444 g/mol. The van der Waals surface area contributed by atoms with Crippen molar-refractivity contribution in [1.82, 2.24) is 19.9 Å². The van der Waals surface area contributed by atoms with Gasteiger partial charge in [-0.2, -0.15) is 0 Å². The minimum absolute atomic E-state index is 0.0681. The maximum atomic E-state index is 5.86. The number of benzene rings is 1. The number of nitrogens with zero attached hydrogens (tertiary/aromatic N) is 3. The summed E-state index contributed by atoms with van der Waals surface area (Å²) in [5, 5.41) is 0.216. The van der Waals surface area contributed by atoms with Crippen LogP contribution in [0.4, 0.5) is 0 Å². The fourth-order valence-corrected chi connectivity index (χ4v) is 5.68. The standard InChI is InChI=1S/C21H35B8N5/c22-13-14(23)16(25)19-18(15(13)24)32-12(33-19)9-34(7-2-1-5-30)11-8-20(26,27)21(28,29)10-4-3-6-31-17(10)11/h3-4,6,11H,1-2,5,7-9,22-30H2,(H,32,33)/t11-/m0/s1. The fraction of sp³-hybridized carbons (Fsp3) is 0.429. The number of H-pyrrole nitrogens is 1. The Morgan fingerprint density at radius 1 is 1.03 bits per heavy atom. The van der Waals surface area contributed by atoms with E-state index in [2.05, 4.69) is 84.8 Å². The Morgan fingerprint density at radius 3 is 2.44 bits per heavy atom. The van der Waals surface area contributed by atoms with Gasteiger partial charge in [-0.3, -0.25) is 9.88 Å². The highest BCUT2D eigenvalue weighted by Crippen LogP contribution is 2.52. The van der Waals surface area contributed by atoms with Gasteiger partial charge in [0.15, 0.2) is 0 Å². The van der Waals surface area contributed by atoms with E-state index < -0.39 is 0 Å². The van der Waals surface area contributed by atoms with Gasteiger partial charge in [0.25, 0.3) is 0 Å². The summed E-state index contributed by atoms with van der Waals surface area (Å²) in [5.41, 5.74) is 16.1. The van der Waals surface area contributed by atoms with Crippen LogP contribution < -0.4 is 27.6 Å². The number of aromatic nitrogens is 3. The molecule has 0 aliphatic heterocycles. The summed E-state index contributed by atoms with van der Waals surface area (Å²) in [5.74, 6) is 1.04. The molecule has 34 heavy (non-hydrogen) atoms. The third-order valence-corrected chi connectivity index (χ3v) is 9.09. The Hall–Kier alpha value is -1.72. The van der Waals surface area contributed by atoms with Crippen molar-refractivity contribution < 1.29 is 0 Å². The molecule has 1 aromatic carbocycles. The molecule has 2 aromatic heterocycles. The van der Waals surface area contributed by atoms with E-state index in [4.69, 9.17) is 15.7 Å². The molecule has 0 radical (unpaired) electrons.